The zero-order valence-corrected chi connectivity index (χ0v) is 19.3. The summed E-state index contributed by atoms with van der Waals surface area (Å²) in [6.45, 7) is 5.45. The Morgan fingerprint density at radius 1 is 1.19 bits per heavy atom. The molecule has 0 radical (unpaired) electrons. The van der Waals surface area contributed by atoms with Crippen LogP contribution in [0.15, 0.2) is 35.8 Å². The number of anilines is 1. The molecule has 168 valence electrons. The molecule has 3 aromatic rings. The van der Waals surface area contributed by atoms with E-state index in [1.165, 1.54) is 16.9 Å². The average molecular weight is 454 g/mol. The molecule has 32 heavy (non-hydrogen) atoms. The summed E-state index contributed by atoms with van der Waals surface area (Å²) in [5.74, 6) is 1.35. The lowest BCUT2D eigenvalue weighted by atomic mass is 9.97. The molecule has 0 atom stereocenters. The number of nitrogens with zero attached hydrogens (tertiary/aromatic N) is 4. The Morgan fingerprint density at radius 2 is 1.97 bits per heavy atom. The second kappa shape index (κ2) is 9.52. The summed E-state index contributed by atoms with van der Waals surface area (Å²) in [5.41, 5.74) is 2.75. The molecule has 1 N–H and O–H groups in total. The van der Waals surface area contributed by atoms with Crippen molar-refractivity contribution in [2.45, 2.75) is 32.6 Å². The van der Waals surface area contributed by atoms with E-state index < -0.39 is 0 Å². The number of thiazole rings is 1. The number of carbonyl (C=O) groups excluding carboxylic acids is 2. The van der Waals surface area contributed by atoms with Gasteiger partial charge in [-0.25, -0.2) is 4.98 Å². The van der Waals surface area contributed by atoms with Crippen LogP contribution < -0.4 is 10.1 Å². The molecule has 1 fully saturated rings. The molecule has 0 aliphatic carbocycles. The third-order valence-corrected chi connectivity index (χ3v) is 6.86. The van der Waals surface area contributed by atoms with Crippen LogP contribution in [0.2, 0.25) is 0 Å². The van der Waals surface area contributed by atoms with E-state index in [2.05, 4.69) is 15.4 Å². The summed E-state index contributed by atoms with van der Waals surface area (Å²) in [5, 5.41) is 9.59. The molecule has 1 aromatic carbocycles. The lowest BCUT2D eigenvalue weighted by molar-refractivity contribution is -0.134. The monoisotopic (exact) mass is 453 g/mol. The largest absolute Gasteiger partial charge is 0.484 e. The maximum Gasteiger partial charge on any atom is 0.276 e. The Morgan fingerprint density at radius 3 is 2.66 bits per heavy atom. The predicted molar refractivity (Wildman–Crippen MR) is 123 cm³/mol. The van der Waals surface area contributed by atoms with Gasteiger partial charge in [-0.2, -0.15) is 5.10 Å². The molecule has 1 aliphatic rings. The number of nitrogens with one attached hydrogen (secondary N) is 1. The van der Waals surface area contributed by atoms with Crippen LogP contribution in [0.1, 0.15) is 45.4 Å². The first kappa shape index (κ1) is 22.0. The molecule has 0 unspecified atom stereocenters. The fourth-order valence-corrected chi connectivity index (χ4v) is 4.64. The molecular weight excluding hydrogens is 426 g/mol. The standard InChI is InChI=1S/C23H27N5O3S/c1-15-4-5-18(12-16(15)2)31-13-21(29)28-10-7-17(8-11-28)23-25-19(14-32-23)22(30)26-20-6-9-24-27(20)3/h4-6,9,12,14,17H,7-8,10-11,13H2,1-3H3,(H,26,30). The zero-order chi connectivity index (χ0) is 22.7. The number of rotatable bonds is 6. The van der Waals surface area contributed by atoms with E-state index >= 15 is 0 Å². The number of benzene rings is 1. The van der Waals surface area contributed by atoms with Crippen molar-refractivity contribution in [3.63, 3.8) is 0 Å². The number of carbonyl (C=O) groups is 2. The average Bonchev–Trinajstić information content (AvgIpc) is 3.44. The van der Waals surface area contributed by atoms with Gasteiger partial charge in [0.25, 0.3) is 11.8 Å². The van der Waals surface area contributed by atoms with Crippen molar-refractivity contribution in [3.8, 4) is 5.75 Å². The first-order valence-electron chi connectivity index (χ1n) is 10.6. The molecule has 4 rings (SSSR count). The van der Waals surface area contributed by atoms with Gasteiger partial charge < -0.3 is 15.0 Å². The van der Waals surface area contributed by atoms with Crippen LogP contribution in [0, 0.1) is 13.8 Å². The molecule has 0 saturated carbocycles. The third kappa shape index (κ3) is 4.99. The van der Waals surface area contributed by atoms with Crippen LogP contribution in [0.4, 0.5) is 5.82 Å². The minimum absolute atomic E-state index is 0.00272. The fourth-order valence-electron chi connectivity index (χ4n) is 3.67. The normalized spacial score (nSPS) is 14.4. The molecule has 3 heterocycles. The summed E-state index contributed by atoms with van der Waals surface area (Å²) in [6.07, 6.45) is 3.28. The number of aryl methyl sites for hydroxylation is 3. The van der Waals surface area contributed by atoms with Gasteiger partial charge in [0.1, 0.15) is 17.3 Å². The van der Waals surface area contributed by atoms with Gasteiger partial charge in [0.15, 0.2) is 6.61 Å². The Labute approximate surface area is 191 Å². The van der Waals surface area contributed by atoms with Crippen molar-refractivity contribution in [2.24, 2.45) is 7.05 Å². The molecule has 1 aliphatic heterocycles. The molecule has 8 nitrogen and oxygen atoms in total. The van der Waals surface area contributed by atoms with E-state index in [4.69, 9.17) is 4.74 Å². The molecule has 9 heteroatoms. The van der Waals surface area contributed by atoms with Gasteiger partial charge in [0.05, 0.1) is 11.2 Å². The van der Waals surface area contributed by atoms with Crippen molar-refractivity contribution < 1.29 is 14.3 Å². The summed E-state index contributed by atoms with van der Waals surface area (Å²) < 4.78 is 7.30. The van der Waals surface area contributed by atoms with Gasteiger partial charge in [-0.05, 0) is 49.9 Å². The van der Waals surface area contributed by atoms with E-state index in [0.29, 0.717) is 24.6 Å². The van der Waals surface area contributed by atoms with Crippen molar-refractivity contribution >= 4 is 29.0 Å². The Kier molecular flexibility index (Phi) is 6.55. The number of ether oxygens (including phenoxy) is 1. The van der Waals surface area contributed by atoms with E-state index in [-0.39, 0.29) is 24.3 Å². The van der Waals surface area contributed by atoms with Crippen molar-refractivity contribution in [1.82, 2.24) is 19.7 Å². The van der Waals surface area contributed by atoms with Crippen LogP contribution in [-0.4, -0.2) is 51.2 Å². The van der Waals surface area contributed by atoms with Gasteiger partial charge in [0, 0.05) is 37.5 Å². The second-order valence-electron chi connectivity index (χ2n) is 8.05. The van der Waals surface area contributed by atoms with E-state index in [9.17, 15) is 9.59 Å². The highest BCUT2D eigenvalue weighted by atomic mass is 32.1. The van der Waals surface area contributed by atoms with Crippen LogP contribution in [0.5, 0.6) is 5.75 Å². The highest BCUT2D eigenvalue weighted by molar-refractivity contribution is 7.10. The maximum atomic E-state index is 12.6. The lowest BCUT2D eigenvalue weighted by Crippen LogP contribution is -2.40. The minimum atomic E-state index is -0.243. The highest BCUT2D eigenvalue weighted by Gasteiger charge is 2.26. The summed E-state index contributed by atoms with van der Waals surface area (Å²) in [6, 6.07) is 7.59. The van der Waals surface area contributed by atoms with Gasteiger partial charge in [-0.1, -0.05) is 6.07 Å². The van der Waals surface area contributed by atoms with Gasteiger partial charge in [0.2, 0.25) is 0 Å². The summed E-state index contributed by atoms with van der Waals surface area (Å²) >= 11 is 1.50. The minimum Gasteiger partial charge on any atom is -0.484 e. The van der Waals surface area contributed by atoms with Crippen molar-refractivity contribution in [1.29, 1.82) is 0 Å². The maximum absolute atomic E-state index is 12.6. The summed E-state index contributed by atoms with van der Waals surface area (Å²) in [7, 11) is 1.77. The van der Waals surface area contributed by atoms with Gasteiger partial charge >= 0.3 is 0 Å². The Balaban J connectivity index is 1.27. The SMILES string of the molecule is Cc1ccc(OCC(=O)N2CCC(c3nc(C(=O)Nc4ccnn4C)cs3)CC2)cc1C. The molecule has 0 spiro atoms. The Bertz CT molecular complexity index is 1110. The van der Waals surface area contributed by atoms with E-state index in [1.807, 2.05) is 36.9 Å². The number of likely N-dealkylation sites (tertiary alicyclic amines) is 1. The molecule has 1 saturated heterocycles. The number of amides is 2. The molecule has 2 aromatic heterocycles. The lowest BCUT2D eigenvalue weighted by Gasteiger charge is -2.31. The zero-order valence-electron chi connectivity index (χ0n) is 18.5. The van der Waals surface area contributed by atoms with Gasteiger partial charge in [-0.15, -0.1) is 11.3 Å². The van der Waals surface area contributed by atoms with Crippen molar-refractivity contribution in [2.75, 3.05) is 25.0 Å². The number of piperidine rings is 1. The second-order valence-corrected chi connectivity index (χ2v) is 8.94. The first-order valence-corrected chi connectivity index (χ1v) is 11.5. The van der Waals surface area contributed by atoms with Crippen LogP contribution in [-0.2, 0) is 11.8 Å². The number of hydrogen-bond acceptors (Lipinski definition) is 6. The predicted octanol–water partition coefficient (Wildman–Crippen LogP) is 3.53. The van der Waals surface area contributed by atoms with Crippen LogP contribution in [0.25, 0.3) is 0 Å². The molecule has 0 bridgehead atoms. The van der Waals surface area contributed by atoms with E-state index in [0.717, 1.165) is 29.2 Å². The van der Waals surface area contributed by atoms with Crippen molar-refractivity contribution in [3.05, 3.63) is 57.7 Å². The smallest absolute Gasteiger partial charge is 0.276 e. The van der Waals surface area contributed by atoms with Crippen LogP contribution in [0.3, 0.4) is 0 Å². The Hall–Kier alpha value is -3.20. The summed E-state index contributed by atoms with van der Waals surface area (Å²) in [4.78, 5) is 31.4. The van der Waals surface area contributed by atoms with Gasteiger partial charge in [-0.3, -0.25) is 14.3 Å². The number of aromatic nitrogens is 3. The van der Waals surface area contributed by atoms with Crippen LogP contribution >= 0.6 is 11.3 Å². The third-order valence-electron chi connectivity index (χ3n) is 5.85. The molecular formula is C23H27N5O3S. The molecule has 2 amide bonds. The fraction of sp³-hybridized carbons (Fsp3) is 0.391. The first-order chi connectivity index (χ1) is 15.4. The quantitative estimate of drug-likeness (QED) is 0.617. The topological polar surface area (TPSA) is 89.3 Å². The highest BCUT2D eigenvalue weighted by Crippen LogP contribution is 2.30. The van der Waals surface area contributed by atoms with E-state index in [1.54, 1.807) is 29.4 Å². The number of hydrogen-bond donors (Lipinski definition) is 1.